The summed E-state index contributed by atoms with van der Waals surface area (Å²) in [5.74, 6) is 0. The van der Waals surface area contributed by atoms with Gasteiger partial charge in [-0.25, -0.2) is 18.3 Å². The Morgan fingerprint density at radius 1 is 0.253 bits per heavy atom. The predicted molar refractivity (Wildman–Crippen MR) is 414 cm³/mol. The molecule has 498 valence electrons. The normalized spacial score (nSPS) is 14.3. The summed E-state index contributed by atoms with van der Waals surface area (Å²) >= 11 is 0. The number of benzene rings is 8. The third-order valence-electron chi connectivity index (χ3n) is 23.3. The van der Waals surface area contributed by atoms with E-state index in [0.29, 0.717) is 0 Å². The van der Waals surface area contributed by atoms with Crippen molar-refractivity contribution in [1.82, 2.24) is 0 Å². The van der Waals surface area contributed by atoms with Crippen LogP contribution in [-0.4, -0.2) is 0 Å². The lowest BCUT2D eigenvalue weighted by atomic mass is 9.77. The van der Waals surface area contributed by atoms with Gasteiger partial charge in [-0.05, 0) is 224 Å². The molecule has 0 unspecified atom stereocenters. The van der Waals surface area contributed by atoms with Crippen LogP contribution in [0.25, 0.3) is 89.5 Å². The number of fused-ring (bicyclic) bond motifs is 12. The maximum atomic E-state index is 2.44. The zero-order chi connectivity index (χ0) is 70.4. The largest absolute Gasteiger partial charge is 0.212 e. The first-order valence-corrected chi connectivity index (χ1v) is 36.2. The Kier molecular flexibility index (Phi) is 17.8. The minimum absolute atomic E-state index is 0.0473. The lowest BCUT2D eigenvalue weighted by Crippen LogP contribution is -2.31. The molecule has 99 heavy (non-hydrogen) atoms. The molecule has 12 aromatic rings. The topological polar surface area (TPSA) is 15.5 Å². The average molecular weight is 1300 g/mol. The highest BCUT2D eigenvalue weighted by Crippen LogP contribution is 2.57. The van der Waals surface area contributed by atoms with Crippen molar-refractivity contribution in [1.29, 1.82) is 0 Å². The van der Waals surface area contributed by atoms with Crippen LogP contribution in [0.2, 0.25) is 0 Å². The summed E-state index contributed by atoms with van der Waals surface area (Å²) in [6.45, 7) is 37.1. The van der Waals surface area contributed by atoms with Gasteiger partial charge >= 0.3 is 0 Å². The fourth-order valence-corrected chi connectivity index (χ4v) is 18.2. The molecule has 4 aliphatic rings. The molecule has 0 aliphatic heterocycles. The number of hydrogen-bond donors (Lipinski definition) is 0. The average Bonchev–Trinajstić information content (AvgIpc) is 1.60. The van der Waals surface area contributed by atoms with Crippen LogP contribution in [-0.2, 0) is 69.1 Å². The molecule has 8 aromatic carbocycles. The van der Waals surface area contributed by atoms with E-state index in [9.17, 15) is 0 Å². The number of aryl methyl sites for hydroxylation is 6. The first kappa shape index (κ1) is 67.9. The molecular weight excluding hydrogens is 1200 g/mol. The molecule has 0 saturated carbocycles. The summed E-state index contributed by atoms with van der Waals surface area (Å²) in [6.07, 6.45) is 11.7. The first-order valence-electron chi connectivity index (χ1n) is 36.2. The van der Waals surface area contributed by atoms with Crippen molar-refractivity contribution >= 4 is 0 Å². The zero-order valence-electron chi connectivity index (χ0n) is 62.7. The second-order valence-corrected chi connectivity index (χ2v) is 30.5. The van der Waals surface area contributed by atoms with Crippen LogP contribution in [0.5, 0.6) is 0 Å². The van der Waals surface area contributed by atoms with Crippen LogP contribution in [0.3, 0.4) is 0 Å². The van der Waals surface area contributed by atoms with Crippen LogP contribution in [0, 0.1) is 34.6 Å². The lowest BCUT2D eigenvalue weighted by molar-refractivity contribution is -0.660. The molecule has 4 heterocycles. The Morgan fingerprint density at radius 2 is 0.556 bits per heavy atom. The van der Waals surface area contributed by atoms with Crippen LogP contribution in [0.1, 0.15) is 165 Å². The van der Waals surface area contributed by atoms with E-state index in [4.69, 9.17) is 0 Å². The zero-order valence-corrected chi connectivity index (χ0v) is 62.7. The quantitative estimate of drug-likeness (QED) is 0.141. The van der Waals surface area contributed by atoms with Crippen molar-refractivity contribution < 1.29 is 18.3 Å². The molecular formula is C95H102N4+4. The summed E-state index contributed by atoms with van der Waals surface area (Å²) in [5.41, 5.74) is 45.4. The Morgan fingerprint density at radius 3 is 0.919 bits per heavy atom. The Bertz CT molecular complexity index is 5040. The molecule has 16 rings (SSSR count). The molecule has 0 bridgehead atoms. The molecule has 0 fully saturated rings. The van der Waals surface area contributed by atoms with Crippen LogP contribution >= 0.6 is 0 Å². The standard InChI is InChI=1S/3C24H26N.C23H24N/c1-6-17-16(2)19(22-13-9-10-14-25(22)5)15-21-23(17)18-11-7-8-12-20(18)24(21,3)4;2*1-6-17-22(21-13-9-10-14-25(21)5)16(2)15-19-18-11-7-8-12-20(18)24(3,4)23(17)19;1-15-16(2)22-17-10-6-7-11-19(17)23(3,4)20(22)14-18(15)21-12-8-9-13-24(21)5/h3*7-15H,6H2,1-5H3;6-14H,1-5H3/q4*+1. The third-order valence-corrected chi connectivity index (χ3v) is 23.3. The fourth-order valence-electron chi connectivity index (χ4n) is 18.2. The van der Waals surface area contributed by atoms with E-state index in [2.05, 4.69) is 376 Å². The maximum absolute atomic E-state index is 2.44. The Labute approximate surface area is 592 Å². The van der Waals surface area contributed by atoms with E-state index < -0.39 is 0 Å². The fraction of sp³-hybridized carbons (Fsp3) is 0.284. The highest BCUT2D eigenvalue weighted by atomic mass is 14.9. The van der Waals surface area contributed by atoms with Gasteiger partial charge in [0.15, 0.2) is 24.8 Å². The van der Waals surface area contributed by atoms with Crippen molar-refractivity contribution in [2.75, 3.05) is 0 Å². The van der Waals surface area contributed by atoms with Gasteiger partial charge in [0, 0.05) is 81.3 Å². The summed E-state index contributed by atoms with van der Waals surface area (Å²) in [6, 6.07) is 71.1. The monoisotopic (exact) mass is 1300 g/mol. The van der Waals surface area contributed by atoms with Gasteiger partial charge in [0.2, 0.25) is 22.8 Å². The van der Waals surface area contributed by atoms with Crippen LogP contribution in [0.4, 0.5) is 0 Å². The van der Waals surface area contributed by atoms with E-state index in [1.54, 1.807) is 0 Å². The number of rotatable bonds is 7. The van der Waals surface area contributed by atoms with Crippen molar-refractivity contribution in [2.45, 2.75) is 152 Å². The summed E-state index contributed by atoms with van der Waals surface area (Å²) in [4.78, 5) is 0. The molecule has 0 amide bonds. The number of pyridine rings is 4. The second kappa shape index (κ2) is 25.9. The van der Waals surface area contributed by atoms with Crippen LogP contribution < -0.4 is 18.3 Å². The molecule has 4 heteroatoms. The van der Waals surface area contributed by atoms with E-state index >= 15 is 0 Å². The minimum atomic E-state index is 0.0473. The summed E-state index contributed by atoms with van der Waals surface area (Å²) in [5, 5.41) is 0. The van der Waals surface area contributed by atoms with E-state index in [1.807, 2.05) is 0 Å². The summed E-state index contributed by atoms with van der Waals surface area (Å²) < 4.78 is 8.92. The first-order chi connectivity index (χ1) is 47.3. The van der Waals surface area contributed by atoms with E-state index in [-0.39, 0.29) is 21.7 Å². The van der Waals surface area contributed by atoms with Gasteiger partial charge in [-0.15, -0.1) is 0 Å². The van der Waals surface area contributed by atoms with Gasteiger partial charge in [-0.3, -0.25) is 0 Å². The van der Waals surface area contributed by atoms with Gasteiger partial charge < -0.3 is 0 Å². The van der Waals surface area contributed by atoms with Gasteiger partial charge in [0.05, 0.1) is 11.1 Å². The molecule has 4 aliphatic carbocycles. The van der Waals surface area contributed by atoms with Gasteiger partial charge in [0.25, 0.3) is 0 Å². The van der Waals surface area contributed by atoms with Crippen molar-refractivity contribution in [3.63, 3.8) is 0 Å². The Hall–Kier alpha value is -9.64. The van der Waals surface area contributed by atoms with Crippen LogP contribution in [0.15, 0.2) is 219 Å². The van der Waals surface area contributed by atoms with Crippen molar-refractivity contribution in [3.8, 4) is 89.5 Å². The maximum Gasteiger partial charge on any atom is 0.212 e. The van der Waals surface area contributed by atoms with Gasteiger partial charge in [-0.2, -0.15) is 0 Å². The molecule has 4 aromatic heterocycles. The predicted octanol–water partition coefficient (Wildman–Crippen LogP) is 21.2. The van der Waals surface area contributed by atoms with Gasteiger partial charge in [-0.1, -0.05) is 185 Å². The van der Waals surface area contributed by atoms with E-state index in [1.165, 1.54) is 179 Å². The van der Waals surface area contributed by atoms with E-state index in [0.717, 1.165) is 19.3 Å². The molecule has 4 nitrogen and oxygen atoms in total. The van der Waals surface area contributed by atoms with Gasteiger partial charge in [0.1, 0.15) is 28.2 Å². The second-order valence-electron chi connectivity index (χ2n) is 30.5. The lowest BCUT2D eigenvalue weighted by Gasteiger charge is -2.26. The smallest absolute Gasteiger partial charge is 0.201 e. The molecule has 0 saturated heterocycles. The number of hydrogen-bond acceptors (Lipinski definition) is 0. The highest BCUT2D eigenvalue weighted by Gasteiger charge is 2.43. The molecule has 0 radical (unpaired) electrons. The number of aromatic nitrogens is 4. The highest BCUT2D eigenvalue weighted by molar-refractivity contribution is 5.91. The summed E-state index contributed by atoms with van der Waals surface area (Å²) in [7, 11) is 8.54. The Balaban J connectivity index is 0.000000119. The molecule has 0 spiro atoms. The SMILES string of the molecule is CCc1c(-c2cccc[n+]2C)c(C)cc2c1C(C)(C)c1ccccc1-2.CCc1c(-c2cccc[n+]2C)c(C)cc2c1C(C)(C)c1ccccc1-2.CCc1c(C)c(-c2cccc[n+]2C)cc2c1-c1ccccc1C2(C)C.Cc1c(-c2cccc[n+]2C)cc2c(c1C)-c1ccccc1C2(C)C. The minimum Gasteiger partial charge on any atom is -0.201 e. The van der Waals surface area contributed by atoms with Crippen molar-refractivity contribution in [3.05, 3.63) is 308 Å². The third kappa shape index (κ3) is 11.0. The molecule has 0 N–H and O–H groups in total. The molecule has 0 atom stereocenters. The number of nitrogens with zero attached hydrogens (tertiary/aromatic N) is 4. The van der Waals surface area contributed by atoms with Crippen molar-refractivity contribution in [2.24, 2.45) is 28.2 Å².